The molecule has 0 unspecified atom stereocenters. The van der Waals surface area contributed by atoms with Crippen molar-refractivity contribution in [3.05, 3.63) is 22.4 Å². The molecule has 18 heavy (non-hydrogen) atoms. The lowest BCUT2D eigenvalue weighted by atomic mass is 9.92. The fourth-order valence-electron chi connectivity index (χ4n) is 2.21. The number of hydrogen-bond acceptors (Lipinski definition) is 2. The number of carbonyl (C=O) groups is 1. The second kappa shape index (κ2) is 5.45. The van der Waals surface area contributed by atoms with E-state index < -0.39 is 0 Å². The van der Waals surface area contributed by atoms with E-state index in [4.69, 9.17) is 4.74 Å². The Labute approximate surface area is 116 Å². The van der Waals surface area contributed by atoms with E-state index in [1.165, 1.54) is 0 Å². The molecule has 1 N–H and O–H groups in total. The molecule has 1 aliphatic rings. The van der Waals surface area contributed by atoms with Gasteiger partial charge in [0.05, 0.1) is 0 Å². The molecule has 5 heteroatoms. The zero-order valence-corrected chi connectivity index (χ0v) is 12.4. The summed E-state index contributed by atoms with van der Waals surface area (Å²) in [6.45, 7) is 6.33. The van der Waals surface area contributed by atoms with Crippen LogP contribution in [-0.2, 0) is 11.3 Å². The summed E-state index contributed by atoms with van der Waals surface area (Å²) >= 11 is 3.41. The Morgan fingerprint density at radius 3 is 2.83 bits per heavy atom. The third-order valence-electron chi connectivity index (χ3n) is 3.45. The molecule has 4 nitrogen and oxygen atoms in total. The molecule has 1 aliphatic heterocycles. The average Bonchev–Trinajstić information content (AvgIpc) is 2.71. The second-order valence-electron chi connectivity index (χ2n) is 4.96. The monoisotopic (exact) mass is 314 g/mol. The van der Waals surface area contributed by atoms with E-state index in [1.54, 1.807) is 0 Å². The van der Waals surface area contributed by atoms with Crippen molar-refractivity contribution in [1.29, 1.82) is 0 Å². The van der Waals surface area contributed by atoms with Gasteiger partial charge in [0.2, 0.25) is 0 Å². The molecule has 0 radical (unpaired) electrons. The topological polar surface area (TPSA) is 43.3 Å². The number of halogens is 1. The first kappa shape index (κ1) is 13.6. The Bertz CT molecular complexity index is 436. The van der Waals surface area contributed by atoms with Gasteiger partial charge in [-0.15, -0.1) is 0 Å². The van der Waals surface area contributed by atoms with Crippen LogP contribution in [0.5, 0.6) is 0 Å². The fourth-order valence-corrected chi connectivity index (χ4v) is 2.68. The Balaban J connectivity index is 2.11. The van der Waals surface area contributed by atoms with Crippen molar-refractivity contribution in [2.45, 2.75) is 38.8 Å². The highest BCUT2D eigenvalue weighted by Gasteiger charge is 2.30. The zero-order valence-electron chi connectivity index (χ0n) is 10.8. The molecule has 0 bridgehead atoms. The van der Waals surface area contributed by atoms with E-state index in [0.29, 0.717) is 5.69 Å². The van der Waals surface area contributed by atoms with Crippen LogP contribution in [0.4, 0.5) is 0 Å². The number of nitrogens with one attached hydrogen (secondary N) is 1. The maximum atomic E-state index is 12.3. The minimum atomic E-state index is -0.148. The molecule has 100 valence electrons. The van der Waals surface area contributed by atoms with Crippen molar-refractivity contribution in [2.75, 3.05) is 13.2 Å². The summed E-state index contributed by atoms with van der Waals surface area (Å²) in [5.74, 6) is -0.00745. The van der Waals surface area contributed by atoms with Crippen LogP contribution in [0.3, 0.4) is 0 Å². The largest absolute Gasteiger partial charge is 0.381 e. The molecule has 1 aromatic rings. The Morgan fingerprint density at radius 1 is 1.56 bits per heavy atom. The predicted molar refractivity (Wildman–Crippen MR) is 73.7 cm³/mol. The van der Waals surface area contributed by atoms with Crippen LogP contribution in [0.25, 0.3) is 0 Å². The summed E-state index contributed by atoms with van der Waals surface area (Å²) < 4.78 is 8.22. The Morgan fingerprint density at radius 2 is 2.22 bits per heavy atom. The maximum absolute atomic E-state index is 12.3. The van der Waals surface area contributed by atoms with Crippen LogP contribution in [0.1, 0.15) is 37.2 Å². The molecule has 0 saturated carbocycles. The third kappa shape index (κ3) is 2.95. The van der Waals surface area contributed by atoms with Gasteiger partial charge in [0, 0.05) is 36.0 Å². The molecule has 2 heterocycles. The number of aromatic nitrogens is 1. The maximum Gasteiger partial charge on any atom is 0.268 e. The van der Waals surface area contributed by atoms with E-state index in [-0.39, 0.29) is 11.4 Å². The van der Waals surface area contributed by atoms with Crippen LogP contribution >= 0.6 is 15.9 Å². The second-order valence-corrected chi connectivity index (χ2v) is 5.87. The average molecular weight is 315 g/mol. The van der Waals surface area contributed by atoms with Gasteiger partial charge in [-0.3, -0.25) is 4.79 Å². The first-order chi connectivity index (χ1) is 8.54. The lowest BCUT2D eigenvalue weighted by Crippen LogP contribution is -2.49. The van der Waals surface area contributed by atoms with Gasteiger partial charge < -0.3 is 14.6 Å². The fraction of sp³-hybridized carbons (Fsp3) is 0.615. The van der Waals surface area contributed by atoms with Gasteiger partial charge in [0.25, 0.3) is 5.91 Å². The first-order valence-electron chi connectivity index (χ1n) is 6.30. The predicted octanol–water partition coefficient (Wildman–Crippen LogP) is 2.57. The van der Waals surface area contributed by atoms with Crippen LogP contribution in [0.15, 0.2) is 16.7 Å². The van der Waals surface area contributed by atoms with Gasteiger partial charge in [0.1, 0.15) is 5.69 Å². The molecule has 0 aliphatic carbocycles. The van der Waals surface area contributed by atoms with Gasteiger partial charge in [-0.05, 0) is 48.7 Å². The number of hydrogen-bond donors (Lipinski definition) is 1. The van der Waals surface area contributed by atoms with Crippen molar-refractivity contribution in [3.8, 4) is 0 Å². The molecule has 2 rings (SSSR count). The molecule has 0 spiro atoms. The van der Waals surface area contributed by atoms with Gasteiger partial charge in [-0.1, -0.05) is 0 Å². The first-order valence-corrected chi connectivity index (χ1v) is 7.09. The van der Waals surface area contributed by atoms with E-state index >= 15 is 0 Å². The van der Waals surface area contributed by atoms with Crippen molar-refractivity contribution < 1.29 is 9.53 Å². The number of nitrogens with zero attached hydrogens (tertiary/aromatic N) is 1. The third-order valence-corrected chi connectivity index (χ3v) is 3.88. The molecule has 0 aromatic carbocycles. The van der Waals surface area contributed by atoms with Crippen molar-refractivity contribution >= 4 is 21.8 Å². The van der Waals surface area contributed by atoms with E-state index in [2.05, 4.69) is 28.2 Å². The lowest BCUT2D eigenvalue weighted by Gasteiger charge is -2.34. The van der Waals surface area contributed by atoms with Crippen LogP contribution in [-0.4, -0.2) is 29.2 Å². The quantitative estimate of drug-likeness (QED) is 0.931. The van der Waals surface area contributed by atoms with Crippen LogP contribution < -0.4 is 5.32 Å². The normalized spacial score (nSPS) is 18.6. The van der Waals surface area contributed by atoms with E-state index in [9.17, 15) is 4.79 Å². The van der Waals surface area contributed by atoms with Gasteiger partial charge >= 0.3 is 0 Å². The summed E-state index contributed by atoms with van der Waals surface area (Å²) in [6, 6.07) is 1.86. The summed E-state index contributed by atoms with van der Waals surface area (Å²) in [6.07, 6.45) is 3.67. The highest BCUT2D eigenvalue weighted by Crippen LogP contribution is 2.21. The molecular weight excluding hydrogens is 296 g/mol. The molecule has 0 atom stereocenters. The van der Waals surface area contributed by atoms with Gasteiger partial charge in [0.15, 0.2) is 0 Å². The Kier molecular flexibility index (Phi) is 4.12. The van der Waals surface area contributed by atoms with Crippen molar-refractivity contribution in [2.24, 2.45) is 0 Å². The number of amides is 1. The summed E-state index contributed by atoms with van der Waals surface area (Å²) in [4.78, 5) is 12.3. The highest BCUT2D eigenvalue weighted by atomic mass is 79.9. The van der Waals surface area contributed by atoms with Crippen LogP contribution in [0, 0.1) is 0 Å². The molecule has 1 aromatic heterocycles. The molecule has 1 fully saturated rings. The van der Waals surface area contributed by atoms with Crippen molar-refractivity contribution in [3.63, 3.8) is 0 Å². The number of ether oxygens (including phenoxy) is 1. The minimum absolute atomic E-state index is 0.00745. The van der Waals surface area contributed by atoms with Gasteiger partial charge in [-0.25, -0.2) is 0 Å². The molecular formula is C13H19BrN2O2. The smallest absolute Gasteiger partial charge is 0.268 e. The summed E-state index contributed by atoms with van der Waals surface area (Å²) in [7, 11) is 0. The Hall–Kier alpha value is -0.810. The summed E-state index contributed by atoms with van der Waals surface area (Å²) in [5, 5.41) is 3.14. The standard InChI is InChI=1S/C13H19BrN2O2/c1-3-16-9-10(14)8-11(16)12(17)15-13(2)4-6-18-7-5-13/h8-9H,3-7H2,1-2H3,(H,15,17). The minimum Gasteiger partial charge on any atom is -0.381 e. The molecule has 1 saturated heterocycles. The number of aryl methyl sites for hydroxylation is 1. The SMILES string of the molecule is CCn1cc(Br)cc1C(=O)NC1(C)CCOCC1. The van der Waals surface area contributed by atoms with Crippen LogP contribution in [0.2, 0.25) is 0 Å². The summed E-state index contributed by atoms with van der Waals surface area (Å²) in [5.41, 5.74) is 0.557. The van der Waals surface area contributed by atoms with Crippen molar-refractivity contribution in [1.82, 2.24) is 9.88 Å². The lowest BCUT2D eigenvalue weighted by molar-refractivity contribution is 0.0420. The highest BCUT2D eigenvalue weighted by molar-refractivity contribution is 9.10. The molecule has 1 amide bonds. The van der Waals surface area contributed by atoms with E-state index in [1.807, 2.05) is 23.8 Å². The zero-order chi connectivity index (χ0) is 13.2. The van der Waals surface area contributed by atoms with E-state index in [0.717, 1.165) is 37.1 Å². The number of rotatable bonds is 3. The van der Waals surface area contributed by atoms with Gasteiger partial charge in [-0.2, -0.15) is 0 Å². The number of carbonyl (C=O) groups excluding carboxylic acids is 1.